The normalized spacial score (nSPS) is 25.6. The first-order valence-electron chi connectivity index (χ1n) is 20.2. The Morgan fingerprint density at radius 2 is 1.16 bits per heavy atom. The lowest BCUT2D eigenvalue weighted by molar-refractivity contribution is -0.287. The molecule has 2 aliphatic heterocycles. The van der Waals surface area contributed by atoms with Gasteiger partial charge in [-0.15, -0.1) is 10.2 Å². The van der Waals surface area contributed by atoms with Crippen molar-refractivity contribution in [3.63, 3.8) is 0 Å². The number of benzene rings is 1. The number of nitrogens with zero attached hydrogens (tertiary/aromatic N) is 8. The van der Waals surface area contributed by atoms with Crippen molar-refractivity contribution in [3.05, 3.63) is 49.2 Å². The minimum atomic E-state index is -1.33. The molecule has 0 spiro atoms. The van der Waals surface area contributed by atoms with E-state index in [2.05, 4.69) is 36.2 Å². The molecule has 10 atom stereocenters. The summed E-state index contributed by atoms with van der Waals surface area (Å²) in [5, 5.41) is 61.6. The molecular formula is C39H58N10O15. The summed E-state index contributed by atoms with van der Waals surface area (Å²) in [5.74, 6) is -0.288. The van der Waals surface area contributed by atoms with Crippen LogP contribution in [0.4, 0.5) is 0 Å². The maximum atomic E-state index is 12.5. The maximum Gasteiger partial charge on any atom is 0.252 e. The van der Waals surface area contributed by atoms with Gasteiger partial charge < -0.3 is 78.3 Å². The fourth-order valence-corrected chi connectivity index (χ4v) is 6.92. The average molecular weight is 907 g/mol. The Balaban J connectivity index is 0.000000241. The lowest BCUT2D eigenvalue weighted by atomic mass is 9.98. The third kappa shape index (κ3) is 12.4. The molecule has 4 aromatic rings. The molecule has 0 bridgehead atoms. The van der Waals surface area contributed by atoms with E-state index in [9.17, 15) is 30.0 Å². The first-order chi connectivity index (χ1) is 31.0. The molecule has 2 saturated heterocycles. The van der Waals surface area contributed by atoms with Crippen molar-refractivity contribution in [3.8, 4) is 28.4 Å². The predicted octanol–water partition coefficient (Wildman–Crippen LogP) is -2.89. The van der Waals surface area contributed by atoms with E-state index < -0.39 is 73.2 Å². The van der Waals surface area contributed by atoms with Gasteiger partial charge in [-0.05, 0) is 12.1 Å². The third-order valence-corrected chi connectivity index (χ3v) is 10.3. The van der Waals surface area contributed by atoms with Gasteiger partial charge in [0.15, 0.2) is 24.8 Å². The molecule has 0 aliphatic carbocycles. The van der Waals surface area contributed by atoms with E-state index >= 15 is 0 Å². The lowest BCUT2D eigenvalue weighted by Crippen LogP contribution is -2.62. The second kappa shape index (κ2) is 24.9. The number of hydrogen-bond donors (Lipinski definition) is 6. The molecule has 25 heteroatoms. The number of aryl methyl sites for hydroxylation is 1. The Kier molecular flexibility index (Phi) is 19.4. The first kappa shape index (κ1) is 50.0. The van der Waals surface area contributed by atoms with Crippen LogP contribution in [0, 0.1) is 0 Å². The second-order valence-corrected chi connectivity index (χ2v) is 14.3. The van der Waals surface area contributed by atoms with Crippen molar-refractivity contribution in [2.75, 3.05) is 75.1 Å². The van der Waals surface area contributed by atoms with Crippen LogP contribution in [0.25, 0.3) is 22.6 Å². The Labute approximate surface area is 368 Å². The van der Waals surface area contributed by atoms with Gasteiger partial charge in [-0.2, -0.15) is 0 Å². The lowest BCUT2D eigenvalue weighted by Gasteiger charge is -2.40. The average Bonchev–Trinajstić information content (AvgIpc) is 4.09. The molecule has 2 aliphatic rings. The predicted molar refractivity (Wildman–Crippen MR) is 219 cm³/mol. The standard InChI is InChI=1S/C21H30N4O8.C18H28N6O7/c1-29-15-7-5-4-6-13(15)14-12-23-24-25(14)9-11-32-10-8-22-20(28)19-18(30-2)16(26)17(27)21(31-3)33-19;1-23-10-19-8-11(23)12-9-21-22-24(12)5-7-30-6-4-20-17(27)16-15(28-2)13(25)14(26)18(29-3)31-16/h4-7,12,16-19,21,26-27H,8-11H2,1-3H3,(H,22,28);8-10,13-16,18,25-26H,4-7H2,1-3H3,(H,20,27)/t16-,17+,18+,19?,21-;13-,14+,15+,16?,18-/m11/s1. The van der Waals surface area contributed by atoms with Crippen LogP contribution in [0.5, 0.6) is 5.75 Å². The van der Waals surface area contributed by atoms with Crippen LogP contribution in [0.2, 0.25) is 0 Å². The molecule has 3 aromatic heterocycles. The number of aliphatic hydroxyl groups is 4. The summed E-state index contributed by atoms with van der Waals surface area (Å²) in [5.41, 5.74) is 3.39. The molecule has 5 heterocycles. The van der Waals surface area contributed by atoms with Crippen molar-refractivity contribution in [2.24, 2.45) is 7.05 Å². The number of rotatable bonds is 21. The van der Waals surface area contributed by atoms with Gasteiger partial charge in [-0.3, -0.25) is 9.59 Å². The van der Waals surface area contributed by atoms with Crippen molar-refractivity contribution >= 4 is 11.8 Å². The molecule has 1 aromatic carbocycles. The highest BCUT2D eigenvalue weighted by Gasteiger charge is 2.49. The molecule has 354 valence electrons. The van der Waals surface area contributed by atoms with Crippen LogP contribution in [-0.2, 0) is 67.6 Å². The number of nitrogens with one attached hydrogen (secondary N) is 2. The topological polar surface area (TPSA) is 301 Å². The van der Waals surface area contributed by atoms with Gasteiger partial charge >= 0.3 is 0 Å². The van der Waals surface area contributed by atoms with Crippen LogP contribution in [0.1, 0.15) is 0 Å². The summed E-state index contributed by atoms with van der Waals surface area (Å²) in [6, 6.07) is 7.59. The van der Waals surface area contributed by atoms with E-state index in [1.807, 2.05) is 35.9 Å². The van der Waals surface area contributed by atoms with Crippen LogP contribution < -0.4 is 15.4 Å². The number of imidazole rings is 1. The number of hydrogen-bond acceptors (Lipinski definition) is 20. The van der Waals surface area contributed by atoms with E-state index in [1.54, 1.807) is 41.4 Å². The van der Waals surface area contributed by atoms with E-state index in [-0.39, 0.29) is 26.3 Å². The molecule has 6 rings (SSSR count). The number of aromatic nitrogens is 8. The van der Waals surface area contributed by atoms with Crippen LogP contribution in [-0.4, -0.2) is 208 Å². The number of carbonyl (C=O) groups is 2. The van der Waals surface area contributed by atoms with Crippen LogP contribution in [0.3, 0.4) is 0 Å². The first-order valence-corrected chi connectivity index (χ1v) is 20.2. The fraction of sp³-hybridized carbons (Fsp3) is 0.615. The maximum absolute atomic E-state index is 12.5. The van der Waals surface area contributed by atoms with E-state index in [0.29, 0.717) is 26.3 Å². The molecular weight excluding hydrogens is 848 g/mol. The summed E-state index contributed by atoms with van der Waals surface area (Å²) in [6.45, 7) is 2.57. The minimum absolute atomic E-state index is 0.210. The van der Waals surface area contributed by atoms with Gasteiger partial charge in [-0.1, -0.05) is 22.6 Å². The molecule has 2 fully saturated rings. The highest BCUT2D eigenvalue weighted by Crippen LogP contribution is 2.29. The van der Waals surface area contributed by atoms with E-state index in [0.717, 1.165) is 28.4 Å². The van der Waals surface area contributed by atoms with Crippen molar-refractivity contribution in [1.29, 1.82) is 0 Å². The van der Waals surface area contributed by atoms with Gasteiger partial charge in [0.2, 0.25) is 0 Å². The molecule has 0 radical (unpaired) electrons. The number of amides is 2. The summed E-state index contributed by atoms with van der Waals surface area (Å²) in [4.78, 5) is 29.1. The number of para-hydroxylation sites is 1. The largest absolute Gasteiger partial charge is 0.496 e. The summed E-state index contributed by atoms with van der Waals surface area (Å²) >= 11 is 0. The summed E-state index contributed by atoms with van der Waals surface area (Å²) in [7, 11) is 8.76. The highest BCUT2D eigenvalue weighted by atomic mass is 16.7. The molecule has 2 unspecified atom stereocenters. The number of aliphatic hydroxyl groups excluding tert-OH is 4. The molecule has 64 heavy (non-hydrogen) atoms. The zero-order valence-electron chi connectivity index (χ0n) is 36.4. The Morgan fingerprint density at radius 1 is 0.656 bits per heavy atom. The summed E-state index contributed by atoms with van der Waals surface area (Å²) < 4.78 is 53.0. The number of methoxy groups -OCH3 is 5. The molecule has 25 nitrogen and oxygen atoms in total. The van der Waals surface area contributed by atoms with Crippen LogP contribution in [0.15, 0.2) is 49.2 Å². The fourth-order valence-electron chi connectivity index (χ4n) is 6.92. The minimum Gasteiger partial charge on any atom is -0.496 e. The van der Waals surface area contributed by atoms with Gasteiger partial charge in [0.1, 0.15) is 48.1 Å². The van der Waals surface area contributed by atoms with E-state index in [4.69, 9.17) is 42.6 Å². The van der Waals surface area contributed by atoms with Crippen molar-refractivity contribution < 1.29 is 72.6 Å². The van der Waals surface area contributed by atoms with Crippen molar-refractivity contribution in [2.45, 2.75) is 74.5 Å². The SMILES string of the molecule is CO[C@@H]1OC(C(=O)NCCOCCn2nncc2-c2cncn2C)[C@@H](OC)[C@H](O)[C@@H]1O.COc1ccccc1-c1cnnn1CCOCCNC(=O)C1O[C@@H](OC)[C@@H](O)[C@@H](O)[C@@H]1OC. The Bertz CT molecular complexity index is 2020. The third-order valence-electron chi connectivity index (χ3n) is 10.3. The van der Waals surface area contributed by atoms with Crippen molar-refractivity contribution in [1.82, 2.24) is 50.2 Å². The van der Waals surface area contributed by atoms with Gasteiger partial charge in [0.05, 0.1) is 82.9 Å². The van der Waals surface area contributed by atoms with Crippen LogP contribution >= 0.6 is 0 Å². The summed E-state index contributed by atoms with van der Waals surface area (Å²) in [6.07, 6.45) is -5.17. The Morgan fingerprint density at radius 3 is 1.62 bits per heavy atom. The zero-order valence-corrected chi connectivity index (χ0v) is 36.4. The molecule has 2 amide bonds. The quantitative estimate of drug-likeness (QED) is 0.0458. The zero-order chi connectivity index (χ0) is 46.2. The monoisotopic (exact) mass is 906 g/mol. The Hall–Kier alpha value is -5.03. The second-order valence-electron chi connectivity index (χ2n) is 14.3. The van der Waals surface area contributed by atoms with Gasteiger partial charge in [0.25, 0.3) is 11.8 Å². The number of carbonyl (C=O) groups excluding carboxylic acids is 2. The van der Waals surface area contributed by atoms with Gasteiger partial charge in [0, 0.05) is 54.1 Å². The smallest absolute Gasteiger partial charge is 0.252 e. The highest BCUT2D eigenvalue weighted by molar-refractivity contribution is 5.82. The molecule has 6 N–H and O–H groups in total. The number of ether oxygens (including phenoxy) is 9. The molecule has 0 saturated carbocycles. The van der Waals surface area contributed by atoms with Gasteiger partial charge in [-0.25, -0.2) is 14.3 Å². The van der Waals surface area contributed by atoms with E-state index in [1.165, 1.54) is 28.4 Å².